The maximum absolute atomic E-state index is 12.7. The highest BCUT2D eigenvalue weighted by Crippen LogP contribution is 2.28. The van der Waals surface area contributed by atoms with Gasteiger partial charge in [-0.3, -0.25) is 9.79 Å². The third kappa shape index (κ3) is 3.34. The molecule has 0 radical (unpaired) electrons. The average Bonchev–Trinajstić information content (AvgIpc) is 2.53. The van der Waals surface area contributed by atoms with Gasteiger partial charge in [-0.1, -0.05) is 36.4 Å². The Morgan fingerprint density at radius 2 is 1.96 bits per heavy atom. The summed E-state index contributed by atoms with van der Waals surface area (Å²) >= 11 is 0. The number of carbonyl (C=O) groups is 1. The highest BCUT2D eigenvalue weighted by Gasteiger charge is 2.27. The summed E-state index contributed by atoms with van der Waals surface area (Å²) in [6.07, 6.45) is 1.22. The molecular formula is C20H21NO2. The van der Waals surface area contributed by atoms with Gasteiger partial charge in [0.1, 0.15) is 5.75 Å². The van der Waals surface area contributed by atoms with Crippen molar-refractivity contribution in [1.82, 2.24) is 0 Å². The Morgan fingerprint density at radius 1 is 1.17 bits per heavy atom. The number of hydrogen-bond acceptors (Lipinski definition) is 3. The van der Waals surface area contributed by atoms with E-state index in [9.17, 15) is 4.79 Å². The molecule has 1 aliphatic rings. The predicted molar refractivity (Wildman–Crippen MR) is 92.7 cm³/mol. The Balaban J connectivity index is 1.91. The van der Waals surface area contributed by atoms with E-state index in [4.69, 9.17) is 9.73 Å². The molecule has 0 aromatic heterocycles. The Kier molecular flexibility index (Phi) is 4.03. The second-order valence-electron chi connectivity index (χ2n) is 6.54. The highest BCUT2D eigenvalue weighted by molar-refractivity contribution is 6.16. The van der Waals surface area contributed by atoms with Crippen molar-refractivity contribution in [1.29, 1.82) is 0 Å². The Bertz CT molecular complexity index is 775. The number of benzene rings is 2. The van der Waals surface area contributed by atoms with Crippen molar-refractivity contribution in [3.8, 4) is 5.75 Å². The summed E-state index contributed by atoms with van der Waals surface area (Å²) < 4.78 is 5.20. The van der Waals surface area contributed by atoms with E-state index >= 15 is 0 Å². The number of Topliss-reactive ketones (excluding diaryl/α,β-unsaturated/α-hetero) is 1. The van der Waals surface area contributed by atoms with Crippen LogP contribution in [0, 0.1) is 0 Å². The summed E-state index contributed by atoms with van der Waals surface area (Å²) in [4.78, 5) is 17.5. The summed E-state index contributed by atoms with van der Waals surface area (Å²) in [5.74, 6) is 0.761. The Labute approximate surface area is 137 Å². The van der Waals surface area contributed by atoms with Crippen LogP contribution < -0.4 is 4.74 Å². The maximum atomic E-state index is 12.7. The van der Waals surface area contributed by atoms with Crippen molar-refractivity contribution in [2.75, 3.05) is 7.11 Å². The van der Waals surface area contributed by atoms with Gasteiger partial charge in [0.05, 0.1) is 24.8 Å². The molecule has 1 aliphatic heterocycles. The SMILES string of the molecule is COc1cccc(C(=O)CC2=NC(C)(C)Cc3ccccc32)c1. The van der Waals surface area contributed by atoms with Crippen molar-refractivity contribution < 1.29 is 9.53 Å². The van der Waals surface area contributed by atoms with E-state index in [1.807, 2.05) is 30.3 Å². The summed E-state index contributed by atoms with van der Waals surface area (Å²) in [5, 5.41) is 0. The van der Waals surface area contributed by atoms with Gasteiger partial charge in [-0.25, -0.2) is 0 Å². The molecule has 0 amide bonds. The van der Waals surface area contributed by atoms with Gasteiger partial charge in [0.2, 0.25) is 0 Å². The zero-order valence-corrected chi connectivity index (χ0v) is 13.8. The van der Waals surface area contributed by atoms with Crippen LogP contribution in [0.4, 0.5) is 0 Å². The molecule has 0 unspecified atom stereocenters. The van der Waals surface area contributed by atoms with Crippen LogP contribution in [0.25, 0.3) is 0 Å². The van der Waals surface area contributed by atoms with Crippen molar-refractivity contribution in [2.24, 2.45) is 4.99 Å². The first-order valence-corrected chi connectivity index (χ1v) is 7.83. The number of ketones is 1. The number of aliphatic imine (C=N–C) groups is 1. The molecule has 0 bridgehead atoms. The van der Waals surface area contributed by atoms with Crippen molar-refractivity contribution in [3.63, 3.8) is 0 Å². The van der Waals surface area contributed by atoms with Crippen LogP contribution in [0.5, 0.6) is 5.75 Å². The molecule has 2 aromatic rings. The number of hydrogen-bond donors (Lipinski definition) is 0. The molecule has 0 fully saturated rings. The monoisotopic (exact) mass is 307 g/mol. The minimum atomic E-state index is -0.168. The molecule has 0 saturated heterocycles. The van der Waals surface area contributed by atoms with E-state index in [1.165, 1.54) is 5.56 Å². The number of rotatable bonds is 4. The van der Waals surface area contributed by atoms with Gasteiger partial charge in [-0.05, 0) is 43.5 Å². The molecular weight excluding hydrogens is 286 g/mol. The van der Waals surface area contributed by atoms with Crippen LogP contribution in [0.1, 0.15) is 41.8 Å². The van der Waals surface area contributed by atoms with Crippen LogP contribution in [-0.4, -0.2) is 24.1 Å². The van der Waals surface area contributed by atoms with Gasteiger partial charge in [-0.2, -0.15) is 0 Å². The average molecular weight is 307 g/mol. The number of carbonyl (C=O) groups excluding carboxylic acids is 1. The van der Waals surface area contributed by atoms with E-state index in [2.05, 4.69) is 26.0 Å². The van der Waals surface area contributed by atoms with Crippen molar-refractivity contribution in [2.45, 2.75) is 32.2 Å². The largest absolute Gasteiger partial charge is 0.497 e. The quantitative estimate of drug-likeness (QED) is 0.798. The first-order chi connectivity index (χ1) is 11.0. The fourth-order valence-corrected chi connectivity index (χ4v) is 3.07. The maximum Gasteiger partial charge on any atom is 0.168 e. The third-order valence-electron chi connectivity index (χ3n) is 4.11. The fourth-order valence-electron chi connectivity index (χ4n) is 3.07. The fraction of sp³-hybridized carbons (Fsp3) is 0.300. The Hall–Kier alpha value is -2.42. The Morgan fingerprint density at radius 3 is 2.74 bits per heavy atom. The molecule has 0 N–H and O–H groups in total. The van der Waals surface area contributed by atoms with Gasteiger partial charge < -0.3 is 4.74 Å². The molecule has 3 heteroatoms. The van der Waals surface area contributed by atoms with Gasteiger partial charge >= 0.3 is 0 Å². The van der Waals surface area contributed by atoms with Gasteiger partial charge in [-0.15, -0.1) is 0 Å². The molecule has 0 saturated carbocycles. The minimum absolute atomic E-state index is 0.0650. The summed E-state index contributed by atoms with van der Waals surface area (Å²) in [6.45, 7) is 4.22. The van der Waals surface area contributed by atoms with Gasteiger partial charge in [0.15, 0.2) is 5.78 Å². The first-order valence-electron chi connectivity index (χ1n) is 7.83. The predicted octanol–water partition coefficient (Wildman–Crippen LogP) is 4.09. The highest BCUT2D eigenvalue weighted by atomic mass is 16.5. The second kappa shape index (κ2) is 5.99. The number of methoxy groups -OCH3 is 1. The van der Waals surface area contributed by atoms with Gasteiger partial charge in [0.25, 0.3) is 0 Å². The standard InChI is InChI=1S/C20H21NO2/c1-20(2)13-15-7-4-5-10-17(15)18(21-20)12-19(22)14-8-6-9-16(11-14)23-3/h4-11H,12-13H2,1-3H3. The number of fused-ring (bicyclic) bond motifs is 1. The molecule has 118 valence electrons. The molecule has 0 atom stereocenters. The first kappa shape index (κ1) is 15.5. The van der Waals surface area contributed by atoms with Crippen LogP contribution in [0.15, 0.2) is 53.5 Å². The molecule has 1 heterocycles. The zero-order chi connectivity index (χ0) is 16.4. The zero-order valence-electron chi connectivity index (χ0n) is 13.8. The minimum Gasteiger partial charge on any atom is -0.497 e. The van der Waals surface area contributed by atoms with Gasteiger partial charge in [0, 0.05) is 5.56 Å². The normalized spacial score (nSPS) is 15.5. The lowest BCUT2D eigenvalue weighted by atomic mass is 9.85. The number of nitrogens with zero attached hydrogens (tertiary/aromatic N) is 1. The van der Waals surface area contributed by atoms with E-state index in [1.54, 1.807) is 13.2 Å². The van der Waals surface area contributed by atoms with E-state index in [0.717, 1.165) is 17.7 Å². The topological polar surface area (TPSA) is 38.7 Å². The molecule has 2 aromatic carbocycles. The lowest BCUT2D eigenvalue weighted by Gasteiger charge is -2.29. The molecule has 0 aliphatic carbocycles. The van der Waals surface area contributed by atoms with E-state index in [-0.39, 0.29) is 11.3 Å². The molecule has 3 rings (SSSR count). The van der Waals surface area contributed by atoms with Crippen LogP contribution in [0.2, 0.25) is 0 Å². The van der Waals surface area contributed by atoms with E-state index in [0.29, 0.717) is 17.7 Å². The second-order valence-corrected chi connectivity index (χ2v) is 6.54. The molecule has 3 nitrogen and oxygen atoms in total. The molecule has 0 spiro atoms. The van der Waals surface area contributed by atoms with Crippen LogP contribution >= 0.6 is 0 Å². The van der Waals surface area contributed by atoms with Crippen LogP contribution in [0.3, 0.4) is 0 Å². The number of ether oxygens (including phenoxy) is 1. The van der Waals surface area contributed by atoms with Crippen molar-refractivity contribution >= 4 is 11.5 Å². The lowest BCUT2D eigenvalue weighted by molar-refractivity contribution is 0.1000. The smallest absolute Gasteiger partial charge is 0.168 e. The van der Waals surface area contributed by atoms with E-state index < -0.39 is 0 Å². The van der Waals surface area contributed by atoms with Crippen LogP contribution in [-0.2, 0) is 6.42 Å². The van der Waals surface area contributed by atoms with Crippen molar-refractivity contribution in [3.05, 3.63) is 65.2 Å². The summed E-state index contributed by atoms with van der Waals surface area (Å²) in [6, 6.07) is 15.5. The summed E-state index contributed by atoms with van der Waals surface area (Å²) in [7, 11) is 1.60. The third-order valence-corrected chi connectivity index (χ3v) is 4.11. The summed E-state index contributed by atoms with van der Waals surface area (Å²) in [5.41, 5.74) is 3.74. The molecule has 23 heavy (non-hydrogen) atoms. The lowest BCUT2D eigenvalue weighted by Crippen LogP contribution is -2.29.